The van der Waals surface area contributed by atoms with Gasteiger partial charge in [-0.2, -0.15) is 0 Å². The van der Waals surface area contributed by atoms with Crippen LogP contribution < -0.4 is 46.1 Å². The Kier molecular flexibility index (Phi) is 33.1. The summed E-state index contributed by atoms with van der Waals surface area (Å²) in [5, 5.41) is 13.0. The lowest BCUT2D eigenvalue weighted by atomic mass is 9.95. The van der Waals surface area contributed by atoms with Gasteiger partial charge in [-0.15, -0.1) is 23.2 Å². The summed E-state index contributed by atoms with van der Waals surface area (Å²) in [5.74, 6) is -4.98. The van der Waals surface area contributed by atoms with E-state index in [-0.39, 0.29) is 163 Å². The normalized spacial score (nSPS) is 15.0. The van der Waals surface area contributed by atoms with Gasteiger partial charge in [0.05, 0.1) is 97.2 Å². The monoisotopic (exact) mass is 1630 g/mol. The van der Waals surface area contributed by atoms with E-state index in [0.29, 0.717) is 103 Å². The van der Waals surface area contributed by atoms with Crippen LogP contribution in [0.2, 0.25) is 0 Å². The highest BCUT2D eigenvalue weighted by Crippen LogP contribution is 2.50. The number of imide groups is 1. The Morgan fingerprint density at radius 1 is 0.619 bits per heavy atom. The number of nitrogens with one attached hydrogen (secondary N) is 4. The first-order valence-corrected chi connectivity index (χ1v) is 39.6. The van der Waals surface area contributed by atoms with Crippen LogP contribution in [-0.2, 0) is 68.3 Å². The molecule has 4 unspecified atom stereocenters. The maximum absolute atomic E-state index is 14.7. The number of carbonyl (C=O) groups is 10. The van der Waals surface area contributed by atoms with Crippen molar-refractivity contribution in [2.24, 2.45) is 11.7 Å². The Labute approximate surface area is 662 Å². The number of halogens is 2. The number of phosphoric acid groups is 1. The minimum atomic E-state index is -5.04. The smallest absolute Gasteiger partial charge is 0.446 e. The van der Waals surface area contributed by atoms with E-state index in [2.05, 4.69) is 21.3 Å². The number of ether oxygens (including phenoxy) is 8. The second kappa shape index (κ2) is 42.9. The van der Waals surface area contributed by atoms with E-state index in [1.54, 1.807) is 94.4 Å². The van der Waals surface area contributed by atoms with Gasteiger partial charge in [-0.05, 0) is 84.3 Å². The molecule has 3 aliphatic rings. The molecular weight excluding hydrogens is 1530 g/mol. The number of hydrogen-bond acceptors (Lipinski definition) is 21. The SMILES string of the molecule is CCN(CCN(CC)C(=O)Oc1cc2c(c3ccccc13)C(CCl)CN2C(=O)c1ccc(C(=O)N2CC(CCl)c3c2cc(OP(=O)(O)O)c2ccccc32)o1)C(=O)OCc1ccc(NC(=O)C(CCCNC(N)=O)NC(=O)C(NC(=O)CCOCCOCCOCCOCCOCCOCCN2C(=O)C=CC2=O)C(C)C)cc1. The number of hydrogen-bond donors (Lipinski definition) is 7. The van der Waals surface area contributed by atoms with Crippen molar-refractivity contribution >= 4 is 129 Å². The molecule has 0 radical (unpaired) electrons. The Morgan fingerprint density at radius 3 is 1.58 bits per heavy atom. The lowest BCUT2D eigenvalue weighted by molar-refractivity contribution is -0.137. The lowest BCUT2D eigenvalue weighted by Gasteiger charge is -2.26. The molecule has 36 heteroatoms. The van der Waals surface area contributed by atoms with Crippen LogP contribution in [-0.4, -0.2) is 240 Å². The second-order valence-electron chi connectivity index (χ2n) is 26.6. The number of urea groups is 1. The first-order valence-electron chi connectivity index (χ1n) is 37.0. The standard InChI is InChI=1S/C77H95Cl2N10O23P/c1-5-85(27-28-86(6-2)77(99)111-63-42-59-68(56-14-9-7-12-54(56)63)51(44-78)46-88(59)73(95)61-21-22-62(110-61)74(96)89-47-52(45-79)69-57-15-10-8-13-55(57)64(43-60(69)89)112-113(100,101)102)76(98)109-48-50-17-19-53(20-18-50)82-71(93)58(16-11-26-81-75(80)97)83-72(94)70(49(3)4)84-65(90)25-30-103-32-34-105-36-38-107-40-41-108-39-37-106-35-33-104-31-29-87-66(91)23-24-67(87)92/h7-10,12-15,17-24,42-43,49,51-52,58,70H,5-6,11,16,25-41,44-48H2,1-4H3,(H,82,93)(H,83,94)(H,84,90)(H3,80,81,97)(H2,100,101,102). The topological polar surface area (TPSA) is 415 Å². The van der Waals surface area contributed by atoms with Gasteiger partial charge in [0.25, 0.3) is 23.6 Å². The summed E-state index contributed by atoms with van der Waals surface area (Å²) >= 11 is 13.1. The largest absolute Gasteiger partial charge is 0.524 e. The number of nitrogens with two attached hydrogens (primary N) is 1. The van der Waals surface area contributed by atoms with Gasteiger partial charge in [-0.1, -0.05) is 74.5 Å². The molecule has 610 valence electrons. The van der Waals surface area contributed by atoms with E-state index in [0.717, 1.165) is 10.5 Å². The predicted molar refractivity (Wildman–Crippen MR) is 416 cm³/mol. The number of phosphoric ester groups is 1. The van der Waals surface area contributed by atoms with Gasteiger partial charge in [-0.3, -0.25) is 48.2 Å². The van der Waals surface area contributed by atoms with E-state index in [1.165, 1.54) is 50.0 Å². The first kappa shape index (κ1) is 87.2. The molecule has 0 bridgehead atoms. The second-order valence-corrected chi connectivity index (χ2v) is 28.4. The molecule has 0 aliphatic carbocycles. The number of benzene rings is 5. The molecule has 6 aromatic rings. The summed E-state index contributed by atoms with van der Waals surface area (Å²) in [6.45, 7) is 11.2. The maximum Gasteiger partial charge on any atom is 0.524 e. The number of likely N-dealkylation sites (N-methyl/N-ethyl adjacent to an activating group) is 2. The quantitative estimate of drug-likeness (QED) is 0.00825. The first-order chi connectivity index (χ1) is 54.4. The minimum absolute atomic E-state index is 0.0299. The van der Waals surface area contributed by atoms with Crippen LogP contribution in [0.1, 0.15) is 96.6 Å². The molecule has 5 aromatic carbocycles. The highest BCUT2D eigenvalue weighted by molar-refractivity contribution is 7.46. The third-order valence-electron chi connectivity index (χ3n) is 18.6. The zero-order chi connectivity index (χ0) is 81.1. The molecule has 9 rings (SSSR count). The molecule has 11 amide bonds. The van der Waals surface area contributed by atoms with Crippen molar-refractivity contribution in [1.82, 2.24) is 30.7 Å². The van der Waals surface area contributed by atoms with Gasteiger partial charge in [-0.25, -0.2) is 18.9 Å². The molecule has 4 atom stereocenters. The highest BCUT2D eigenvalue weighted by atomic mass is 35.5. The molecule has 0 spiro atoms. The molecule has 113 heavy (non-hydrogen) atoms. The van der Waals surface area contributed by atoms with Crippen molar-refractivity contribution in [2.45, 2.75) is 77.5 Å². The molecule has 8 N–H and O–H groups in total. The number of nitrogens with zero attached hydrogens (tertiary/aromatic N) is 5. The predicted octanol–water partition coefficient (Wildman–Crippen LogP) is 7.93. The number of primary amides is 1. The van der Waals surface area contributed by atoms with Crippen LogP contribution in [0.15, 0.2) is 114 Å². The zero-order valence-electron chi connectivity index (χ0n) is 63.1. The average Bonchev–Trinajstić information content (AvgIpc) is 1.61. The summed E-state index contributed by atoms with van der Waals surface area (Å²) in [5.41, 5.74) is 8.26. The van der Waals surface area contributed by atoms with Gasteiger partial charge < -0.3 is 93.4 Å². The van der Waals surface area contributed by atoms with E-state index < -0.39 is 73.6 Å². The molecule has 0 fully saturated rings. The molecule has 1 aromatic heterocycles. The van der Waals surface area contributed by atoms with Crippen LogP contribution in [0, 0.1) is 5.92 Å². The lowest BCUT2D eigenvalue weighted by Crippen LogP contribution is -2.54. The van der Waals surface area contributed by atoms with Crippen LogP contribution in [0.5, 0.6) is 11.5 Å². The Balaban J connectivity index is 0.705. The third-order valence-corrected chi connectivity index (χ3v) is 19.8. The fourth-order valence-corrected chi connectivity index (χ4v) is 13.8. The number of fused-ring (bicyclic) bond motifs is 6. The highest BCUT2D eigenvalue weighted by Gasteiger charge is 2.40. The van der Waals surface area contributed by atoms with Crippen molar-refractivity contribution in [1.29, 1.82) is 0 Å². The van der Waals surface area contributed by atoms with Gasteiger partial charge in [0, 0.05) is 117 Å². The molecule has 0 saturated carbocycles. The van der Waals surface area contributed by atoms with Gasteiger partial charge in [0.1, 0.15) is 30.2 Å². The van der Waals surface area contributed by atoms with Crippen molar-refractivity contribution in [3.63, 3.8) is 0 Å². The van der Waals surface area contributed by atoms with Crippen LogP contribution in [0.4, 0.5) is 31.4 Å². The third kappa shape index (κ3) is 24.4. The fraction of sp³-hybridized carbons (Fsp3) is 0.455. The van der Waals surface area contributed by atoms with Crippen molar-refractivity contribution < 1.29 is 109 Å². The van der Waals surface area contributed by atoms with E-state index in [1.807, 2.05) is 12.1 Å². The van der Waals surface area contributed by atoms with Crippen LogP contribution in [0.3, 0.4) is 0 Å². The molecular formula is C77H95Cl2N10O23P. The number of rotatable bonds is 45. The summed E-state index contributed by atoms with van der Waals surface area (Å²) < 4.78 is 68.1. The number of amides is 11. The zero-order valence-corrected chi connectivity index (χ0v) is 65.6. The van der Waals surface area contributed by atoms with Crippen molar-refractivity contribution in [3.8, 4) is 11.5 Å². The Morgan fingerprint density at radius 2 is 1.10 bits per heavy atom. The van der Waals surface area contributed by atoms with Crippen LogP contribution in [0.25, 0.3) is 21.5 Å². The number of carbonyl (C=O) groups excluding carboxylic acids is 10. The maximum atomic E-state index is 14.7. The summed E-state index contributed by atoms with van der Waals surface area (Å²) in [4.78, 5) is 159. The van der Waals surface area contributed by atoms with Crippen molar-refractivity contribution in [3.05, 3.63) is 137 Å². The molecule has 3 aliphatic heterocycles. The Hall–Kier alpha value is -9.77. The number of furan rings is 1. The molecule has 0 saturated heterocycles. The van der Waals surface area contributed by atoms with E-state index in [9.17, 15) is 62.3 Å². The number of anilines is 3. The Bertz CT molecular complexity index is 4390. The fourth-order valence-electron chi connectivity index (χ4n) is 12.9. The number of alkyl halides is 2. The van der Waals surface area contributed by atoms with E-state index in [4.69, 9.17) is 75.8 Å². The van der Waals surface area contributed by atoms with Gasteiger partial charge in [0.15, 0.2) is 11.5 Å². The average molecular weight is 1630 g/mol. The van der Waals surface area contributed by atoms with Gasteiger partial charge in [0.2, 0.25) is 17.7 Å². The van der Waals surface area contributed by atoms with E-state index >= 15 is 0 Å². The van der Waals surface area contributed by atoms with Crippen LogP contribution >= 0.6 is 31.0 Å². The molecule has 33 nitrogen and oxygen atoms in total. The summed E-state index contributed by atoms with van der Waals surface area (Å²) in [7, 11) is -5.04. The van der Waals surface area contributed by atoms with Crippen molar-refractivity contribution in [2.75, 3.05) is 159 Å². The molecule has 4 heterocycles. The summed E-state index contributed by atoms with van der Waals surface area (Å²) in [6.07, 6.45) is 1.29. The minimum Gasteiger partial charge on any atom is -0.446 e. The summed E-state index contributed by atoms with van der Waals surface area (Å²) in [6, 6.07) is 23.3. The van der Waals surface area contributed by atoms with Gasteiger partial charge >= 0.3 is 26.0 Å².